The number of hydrogen-bond donors (Lipinski definition) is 1. The Morgan fingerprint density at radius 3 is 1.37 bits per heavy atom. The van der Waals surface area contributed by atoms with Gasteiger partial charge in [0.05, 0.1) is 5.41 Å². The second-order valence-corrected chi connectivity index (χ2v) is 11.9. The average Bonchev–Trinajstić information content (AvgIpc) is 2.92. The van der Waals surface area contributed by atoms with Crippen molar-refractivity contribution in [2.45, 2.75) is 188 Å². The molecule has 1 aliphatic rings. The van der Waals surface area contributed by atoms with Crippen LogP contribution < -0.4 is 5.32 Å². The van der Waals surface area contributed by atoms with Gasteiger partial charge in [-0.1, -0.05) is 123 Å². The molecule has 0 bridgehead atoms. The summed E-state index contributed by atoms with van der Waals surface area (Å²) in [6.45, 7) is 13.8. The normalized spacial score (nSPS) is 16.7. The molecule has 38 heavy (non-hydrogen) atoms. The molecule has 1 aliphatic carbocycles. The average molecular weight is 540 g/mol. The van der Waals surface area contributed by atoms with E-state index >= 15 is 0 Å². The molecule has 0 radical (unpaired) electrons. The fourth-order valence-corrected chi connectivity index (χ4v) is 6.65. The van der Waals surface area contributed by atoms with Gasteiger partial charge in [0.15, 0.2) is 0 Å². The van der Waals surface area contributed by atoms with Crippen LogP contribution in [0.3, 0.4) is 0 Å². The molecule has 1 saturated carbocycles. The SMILES string of the molecule is CCCCCCCCCCC(CCCCCCCC)(CCNC1CCCCC1)C(OCC)(OCC)OCC. The molecule has 0 aromatic heterocycles. The van der Waals surface area contributed by atoms with Crippen molar-refractivity contribution in [1.82, 2.24) is 5.32 Å². The van der Waals surface area contributed by atoms with Crippen LogP contribution in [0.4, 0.5) is 0 Å². The first-order chi connectivity index (χ1) is 18.6. The van der Waals surface area contributed by atoms with Gasteiger partial charge in [-0.2, -0.15) is 0 Å². The smallest absolute Gasteiger partial charge is 0.288 e. The first-order valence-electron chi connectivity index (χ1n) is 17.3. The van der Waals surface area contributed by atoms with Crippen LogP contribution in [-0.4, -0.2) is 38.4 Å². The molecule has 0 aliphatic heterocycles. The molecule has 228 valence electrons. The van der Waals surface area contributed by atoms with E-state index in [2.05, 4.69) is 39.9 Å². The van der Waals surface area contributed by atoms with Crippen LogP contribution >= 0.6 is 0 Å². The summed E-state index contributed by atoms with van der Waals surface area (Å²) in [5.41, 5.74) is -0.121. The van der Waals surface area contributed by atoms with Gasteiger partial charge >= 0.3 is 0 Å². The summed E-state index contributed by atoms with van der Waals surface area (Å²) in [4.78, 5) is 0. The van der Waals surface area contributed by atoms with E-state index in [0.29, 0.717) is 25.9 Å². The van der Waals surface area contributed by atoms with E-state index in [1.165, 1.54) is 122 Å². The third kappa shape index (κ3) is 14.0. The predicted octanol–water partition coefficient (Wildman–Crippen LogP) is 10.3. The zero-order valence-electron chi connectivity index (χ0n) is 26.7. The van der Waals surface area contributed by atoms with Crippen molar-refractivity contribution in [2.24, 2.45) is 5.41 Å². The van der Waals surface area contributed by atoms with E-state index in [1.54, 1.807) is 0 Å². The Hall–Kier alpha value is -0.160. The highest BCUT2D eigenvalue weighted by Gasteiger charge is 2.53. The Morgan fingerprint density at radius 1 is 0.526 bits per heavy atom. The van der Waals surface area contributed by atoms with E-state index in [9.17, 15) is 0 Å². The summed E-state index contributed by atoms with van der Waals surface area (Å²) in [5, 5.41) is 3.96. The summed E-state index contributed by atoms with van der Waals surface area (Å²) < 4.78 is 19.7. The summed E-state index contributed by atoms with van der Waals surface area (Å²) in [7, 11) is 0. The second-order valence-electron chi connectivity index (χ2n) is 11.9. The van der Waals surface area contributed by atoms with Crippen LogP contribution in [0.5, 0.6) is 0 Å². The van der Waals surface area contributed by atoms with Crippen molar-refractivity contribution in [3.05, 3.63) is 0 Å². The lowest BCUT2D eigenvalue weighted by atomic mass is 9.72. The standard InChI is InChI=1S/C34H69NO3/c1-6-11-13-15-17-18-20-25-29-33(28-24-19-16-14-12-7-2,30-31-35-32-26-22-21-23-27-32)34(36-8-3,37-9-4)38-10-5/h32,35H,6-31H2,1-5H3. The highest BCUT2D eigenvalue weighted by molar-refractivity contribution is 4.91. The van der Waals surface area contributed by atoms with Gasteiger partial charge in [0.25, 0.3) is 5.97 Å². The molecule has 1 fully saturated rings. The highest BCUT2D eigenvalue weighted by Crippen LogP contribution is 2.48. The summed E-state index contributed by atoms with van der Waals surface area (Å²) in [6.07, 6.45) is 28.8. The van der Waals surface area contributed by atoms with Crippen LogP contribution in [0.25, 0.3) is 0 Å². The van der Waals surface area contributed by atoms with Crippen LogP contribution in [0.15, 0.2) is 0 Å². The van der Waals surface area contributed by atoms with Crippen molar-refractivity contribution in [3.8, 4) is 0 Å². The van der Waals surface area contributed by atoms with Crippen LogP contribution in [0.1, 0.15) is 176 Å². The monoisotopic (exact) mass is 540 g/mol. The fraction of sp³-hybridized carbons (Fsp3) is 1.00. The van der Waals surface area contributed by atoms with E-state index < -0.39 is 5.97 Å². The predicted molar refractivity (Wildman–Crippen MR) is 165 cm³/mol. The van der Waals surface area contributed by atoms with Gasteiger partial charge in [-0.05, 0) is 59.4 Å². The number of rotatable bonds is 27. The van der Waals surface area contributed by atoms with E-state index in [4.69, 9.17) is 14.2 Å². The molecule has 0 aromatic carbocycles. The van der Waals surface area contributed by atoms with E-state index in [-0.39, 0.29) is 5.41 Å². The Balaban J connectivity index is 3.02. The number of unbranched alkanes of at least 4 members (excludes halogenated alkanes) is 12. The van der Waals surface area contributed by atoms with Crippen LogP contribution in [0, 0.1) is 5.41 Å². The first-order valence-corrected chi connectivity index (χ1v) is 17.3. The molecule has 0 amide bonds. The minimum absolute atomic E-state index is 0.121. The molecule has 1 atom stereocenters. The molecule has 1 rings (SSSR count). The third-order valence-corrected chi connectivity index (χ3v) is 8.81. The van der Waals surface area contributed by atoms with Crippen LogP contribution in [-0.2, 0) is 14.2 Å². The van der Waals surface area contributed by atoms with Crippen LogP contribution in [0.2, 0.25) is 0 Å². The second kappa shape index (κ2) is 23.5. The largest absolute Gasteiger partial charge is 0.327 e. The van der Waals surface area contributed by atoms with Crippen molar-refractivity contribution < 1.29 is 14.2 Å². The topological polar surface area (TPSA) is 39.7 Å². The molecule has 1 N–H and O–H groups in total. The van der Waals surface area contributed by atoms with Crippen molar-refractivity contribution in [1.29, 1.82) is 0 Å². The quantitative estimate of drug-likeness (QED) is 0.0832. The molecule has 0 saturated heterocycles. The van der Waals surface area contributed by atoms with Gasteiger partial charge in [-0.15, -0.1) is 0 Å². The lowest BCUT2D eigenvalue weighted by molar-refractivity contribution is -0.431. The number of hydrogen-bond acceptors (Lipinski definition) is 4. The maximum absolute atomic E-state index is 6.56. The summed E-state index contributed by atoms with van der Waals surface area (Å²) >= 11 is 0. The van der Waals surface area contributed by atoms with Crippen molar-refractivity contribution in [3.63, 3.8) is 0 Å². The Morgan fingerprint density at radius 2 is 0.947 bits per heavy atom. The molecule has 4 nitrogen and oxygen atoms in total. The molecular weight excluding hydrogens is 470 g/mol. The fourth-order valence-electron chi connectivity index (χ4n) is 6.65. The zero-order valence-corrected chi connectivity index (χ0v) is 26.7. The minimum atomic E-state index is -0.940. The Bertz CT molecular complexity index is 491. The highest BCUT2D eigenvalue weighted by atomic mass is 16.9. The van der Waals surface area contributed by atoms with Gasteiger partial charge in [0.2, 0.25) is 0 Å². The minimum Gasteiger partial charge on any atom is -0.327 e. The van der Waals surface area contributed by atoms with Crippen molar-refractivity contribution in [2.75, 3.05) is 26.4 Å². The molecule has 0 heterocycles. The number of nitrogens with one attached hydrogen (secondary N) is 1. The molecule has 4 heteroatoms. The maximum atomic E-state index is 6.56. The molecule has 1 unspecified atom stereocenters. The molecule has 0 spiro atoms. The molecular formula is C34H69NO3. The summed E-state index contributed by atoms with van der Waals surface area (Å²) in [5.74, 6) is -0.940. The lowest BCUT2D eigenvalue weighted by Crippen LogP contribution is -2.56. The number of ether oxygens (including phenoxy) is 3. The van der Waals surface area contributed by atoms with Crippen molar-refractivity contribution >= 4 is 0 Å². The Kier molecular flexibility index (Phi) is 22.2. The van der Waals surface area contributed by atoms with Gasteiger partial charge in [-0.3, -0.25) is 0 Å². The Labute approximate surface area is 239 Å². The van der Waals surface area contributed by atoms with Gasteiger partial charge in [0.1, 0.15) is 0 Å². The maximum Gasteiger partial charge on any atom is 0.288 e. The molecule has 0 aromatic rings. The van der Waals surface area contributed by atoms with E-state index in [0.717, 1.165) is 25.8 Å². The van der Waals surface area contributed by atoms with Gasteiger partial charge < -0.3 is 19.5 Å². The van der Waals surface area contributed by atoms with E-state index in [1.807, 2.05) is 0 Å². The van der Waals surface area contributed by atoms with Gasteiger partial charge in [-0.25, -0.2) is 0 Å². The zero-order chi connectivity index (χ0) is 27.8. The third-order valence-electron chi connectivity index (χ3n) is 8.81. The summed E-state index contributed by atoms with van der Waals surface area (Å²) in [6, 6.07) is 0.680. The van der Waals surface area contributed by atoms with Gasteiger partial charge in [0, 0.05) is 25.9 Å². The lowest BCUT2D eigenvalue weighted by Gasteiger charge is -2.49. The first kappa shape index (κ1) is 35.9.